The van der Waals surface area contributed by atoms with Crippen molar-refractivity contribution in [1.29, 1.82) is 0 Å². The van der Waals surface area contributed by atoms with Crippen LogP contribution >= 0.6 is 18.1 Å². The van der Waals surface area contributed by atoms with Gasteiger partial charge in [0.2, 0.25) is 5.91 Å². The standard InChI is InChI=1S/C16H25N2O5PS/c1-12(2)22-16(20)13(3)18-24(21,25-11-10-17-14(4)19)23-15-8-6-5-7-9-15/h5-9,12-13H,10-11H2,1-4H3,(H,17,19)(H,18,21)/t13-,24+/m0/s1. The third kappa shape index (κ3) is 8.95. The Morgan fingerprint density at radius 1 is 1.20 bits per heavy atom. The van der Waals surface area contributed by atoms with Gasteiger partial charge in [0.05, 0.1) is 6.10 Å². The van der Waals surface area contributed by atoms with E-state index in [1.54, 1.807) is 45.0 Å². The third-order valence-corrected chi connectivity index (χ3v) is 6.75. The summed E-state index contributed by atoms with van der Waals surface area (Å²) in [7, 11) is 0. The predicted molar refractivity (Wildman–Crippen MR) is 99.6 cm³/mol. The molecule has 2 atom stereocenters. The Bertz CT molecular complexity index is 612. The molecule has 0 saturated carbocycles. The van der Waals surface area contributed by atoms with Crippen LogP contribution in [0.25, 0.3) is 0 Å². The lowest BCUT2D eigenvalue weighted by atomic mass is 10.3. The summed E-state index contributed by atoms with van der Waals surface area (Å²) in [5, 5.41) is 5.37. The molecule has 0 aliphatic heterocycles. The first kappa shape index (κ1) is 21.5. The van der Waals surface area contributed by atoms with E-state index in [1.165, 1.54) is 6.92 Å². The van der Waals surface area contributed by atoms with E-state index in [1.807, 2.05) is 6.07 Å². The first-order valence-corrected chi connectivity index (χ1v) is 11.2. The summed E-state index contributed by atoms with van der Waals surface area (Å²) in [6.07, 6.45) is -0.265. The molecule has 0 radical (unpaired) electrons. The molecule has 1 aromatic carbocycles. The molecule has 0 aliphatic carbocycles. The molecular formula is C16H25N2O5PS. The van der Waals surface area contributed by atoms with Crippen LogP contribution in [0.5, 0.6) is 5.75 Å². The van der Waals surface area contributed by atoms with Crippen molar-refractivity contribution >= 4 is 30.0 Å². The van der Waals surface area contributed by atoms with Crippen molar-refractivity contribution in [3.8, 4) is 5.75 Å². The molecule has 2 N–H and O–H groups in total. The van der Waals surface area contributed by atoms with Crippen LogP contribution in [0.15, 0.2) is 30.3 Å². The van der Waals surface area contributed by atoms with Crippen LogP contribution in [0.2, 0.25) is 0 Å². The number of hydrogen-bond acceptors (Lipinski definition) is 6. The molecular weight excluding hydrogens is 363 g/mol. The molecule has 1 amide bonds. The average Bonchev–Trinajstić information content (AvgIpc) is 2.51. The van der Waals surface area contributed by atoms with Gasteiger partial charge in [-0.2, -0.15) is 0 Å². The second-order valence-corrected chi connectivity index (χ2v) is 9.87. The number of hydrogen-bond donors (Lipinski definition) is 2. The number of rotatable bonds is 10. The van der Waals surface area contributed by atoms with E-state index in [0.29, 0.717) is 18.0 Å². The Labute approximate surface area is 152 Å². The zero-order valence-electron chi connectivity index (χ0n) is 14.9. The van der Waals surface area contributed by atoms with Crippen LogP contribution in [0.3, 0.4) is 0 Å². The normalized spacial score (nSPS) is 14.4. The summed E-state index contributed by atoms with van der Waals surface area (Å²) in [4.78, 5) is 22.9. The van der Waals surface area contributed by atoms with Crippen molar-refractivity contribution in [3.05, 3.63) is 30.3 Å². The topological polar surface area (TPSA) is 93.7 Å². The molecule has 0 fully saturated rings. The second kappa shape index (κ2) is 10.5. The van der Waals surface area contributed by atoms with Crippen molar-refractivity contribution in [3.63, 3.8) is 0 Å². The summed E-state index contributed by atoms with van der Waals surface area (Å²) in [5.41, 5.74) is 0. The molecule has 0 unspecified atom stereocenters. The van der Waals surface area contributed by atoms with Crippen LogP contribution in [0.1, 0.15) is 27.7 Å². The highest BCUT2D eigenvalue weighted by Crippen LogP contribution is 2.55. The number of para-hydroxylation sites is 1. The number of carbonyl (C=O) groups excluding carboxylic acids is 2. The van der Waals surface area contributed by atoms with Crippen molar-refractivity contribution in [2.45, 2.75) is 39.8 Å². The van der Waals surface area contributed by atoms with E-state index >= 15 is 0 Å². The summed E-state index contributed by atoms with van der Waals surface area (Å²) >= 11 is 1.03. The van der Waals surface area contributed by atoms with Gasteiger partial charge in [-0.3, -0.25) is 9.59 Å². The van der Waals surface area contributed by atoms with Gasteiger partial charge in [-0.15, -0.1) is 0 Å². The molecule has 0 bridgehead atoms. The summed E-state index contributed by atoms with van der Waals surface area (Å²) in [6.45, 7) is 3.37. The fraction of sp³-hybridized carbons (Fsp3) is 0.500. The predicted octanol–water partition coefficient (Wildman–Crippen LogP) is 2.97. The zero-order chi connectivity index (χ0) is 18.9. The average molecular weight is 388 g/mol. The number of nitrogens with one attached hydrogen (secondary N) is 2. The van der Waals surface area contributed by atoms with Gasteiger partial charge in [-0.05, 0) is 44.3 Å². The second-order valence-electron chi connectivity index (χ2n) is 5.55. The summed E-state index contributed by atoms with van der Waals surface area (Å²) in [6, 6.07) is 7.90. The van der Waals surface area contributed by atoms with Crippen LogP contribution in [-0.2, 0) is 18.9 Å². The highest BCUT2D eigenvalue weighted by molar-refractivity contribution is 8.56. The molecule has 7 nitrogen and oxygen atoms in total. The van der Waals surface area contributed by atoms with Gasteiger partial charge < -0.3 is 14.6 Å². The van der Waals surface area contributed by atoms with Crippen molar-refractivity contribution in [2.75, 3.05) is 12.3 Å². The van der Waals surface area contributed by atoms with Gasteiger partial charge in [-0.1, -0.05) is 18.2 Å². The van der Waals surface area contributed by atoms with Crippen LogP contribution in [0, 0.1) is 0 Å². The lowest BCUT2D eigenvalue weighted by Gasteiger charge is -2.23. The van der Waals surface area contributed by atoms with E-state index in [4.69, 9.17) is 9.26 Å². The van der Waals surface area contributed by atoms with Gasteiger partial charge in [0.25, 0.3) is 0 Å². The lowest BCUT2D eigenvalue weighted by Crippen LogP contribution is -2.35. The molecule has 0 spiro atoms. The van der Waals surface area contributed by atoms with E-state index in [2.05, 4.69) is 10.4 Å². The summed E-state index contributed by atoms with van der Waals surface area (Å²) in [5.74, 6) is 0.119. The smallest absolute Gasteiger partial charge is 0.375 e. The van der Waals surface area contributed by atoms with Gasteiger partial charge in [0, 0.05) is 19.2 Å². The van der Waals surface area contributed by atoms with E-state index in [9.17, 15) is 14.2 Å². The molecule has 0 saturated heterocycles. The highest BCUT2D eigenvalue weighted by atomic mass is 32.7. The van der Waals surface area contributed by atoms with Gasteiger partial charge >= 0.3 is 12.7 Å². The Kier molecular flexibility index (Phi) is 9.03. The van der Waals surface area contributed by atoms with Crippen molar-refractivity contribution in [1.82, 2.24) is 10.4 Å². The molecule has 25 heavy (non-hydrogen) atoms. The Hall–Kier alpha value is -1.50. The zero-order valence-corrected chi connectivity index (χ0v) is 16.6. The van der Waals surface area contributed by atoms with Gasteiger partial charge in [-0.25, -0.2) is 9.65 Å². The maximum atomic E-state index is 13.1. The van der Waals surface area contributed by atoms with Crippen molar-refractivity contribution < 1.29 is 23.4 Å². The van der Waals surface area contributed by atoms with Gasteiger partial charge in [0.1, 0.15) is 11.8 Å². The van der Waals surface area contributed by atoms with Crippen LogP contribution < -0.4 is 14.9 Å². The van der Waals surface area contributed by atoms with E-state index in [0.717, 1.165) is 11.4 Å². The third-order valence-electron chi connectivity index (χ3n) is 2.76. The molecule has 140 valence electrons. The Morgan fingerprint density at radius 2 is 1.84 bits per heavy atom. The SMILES string of the molecule is CC(=O)NCCS[P@@](=O)(N[C@@H](C)C(=O)OC(C)C)Oc1ccccc1. The minimum absolute atomic E-state index is 0.166. The lowest BCUT2D eigenvalue weighted by molar-refractivity contribution is -0.149. The minimum atomic E-state index is -3.44. The maximum absolute atomic E-state index is 13.1. The largest absolute Gasteiger partial charge is 0.462 e. The molecule has 9 heteroatoms. The molecule has 1 aromatic rings. The number of esters is 1. The van der Waals surface area contributed by atoms with Crippen LogP contribution in [0.4, 0.5) is 0 Å². The maximum Gasteiger partial charge on any atom is 0.375 e. The monoisotopic (exact) mass is 388 g/mol. The number of benzene rings is 1. The number of ether oxygens (including phenoxy) is 1. The number of amides is 1. The quantitative estimate of drug-likeness (QED) is 0.361. The Morgan fingerprint density at radius 3 is 2.40 bits per heavy atom. The fourth-order valence-electron chi connectivity index (χ4n) is 1.73. The highest BCUT2D eigenvalue weighted by Gasteiger charge is 2.31. The molecule has 0 aromatic heterocycles. The first-order chi connectivity index (χ1) is 11.7. The molecule has 0 heterocycles. The molecule has 0 aliphatic rings. The van der Waals surface area contributed by atoms with E-state index < -0.39 is 18.7 Å². The minimum Gasteiger partial charge on any atom is -0.462 e. The number of carbonyl (C=O) groups is 2. The fourth-order valence-corrected chi connectivity index (χ4v) is 5.43. The molecule has 1 rings (SSSR count). The van der Waals surface area contributed by atoms with Gasteiger partial charge in [0.15, 0.2) is 0 Å². The Balaban J connectivity index is 2.77. The van der Waals surface area contributed by atoms with Crippen molar-refractivity contribution in [2.24, 2.45) is 0 Å². The first-order valence-electron chi connectivity index (χ1n) is 7.94. The van der Waals surface area contributed by atoms with E-state index in [-0.39, 0.29) is 12.0 Å². The van der Waals surface area contributed by atoms with Crippen LogP contribution in [-0.4, -0.2) is 36.3 Å². The summed E-state index contributed by atoms with van der Waals surface area (Å²) < 4.78 is 23.9.